The molecular weight excluding hydrogens is 1270 g/mol. The molecule has 0 aliphatic rings. The molecule has 0 spiro atoms. The highest BCUT2D eigenvalue weighted by molar-refractivity contribution is 5.70. The molecule has 0 aromatic rings. The largest absolute Gasteiger partial charge is 0.545 e. The van der Waals surface area contributed by atoms with E-state index >= 15 is 0 Å². The van der Waals surface area contributed by atoms with Crippen molar-refractivity contribution >= 4 is 17.9 Å². The molecule has 0 aromatic heterocycles. The van der Waals surface area contributed by atoms with Gasteiger partial charge in [0, 0.05) is 12.8 Å². The van der Waals surface area contributed by atoms with Crippen molar-refractivity contribution < 1.29 is 42.9 Å². The molecule has 0 aliphatic carbocycles. The van der Waals surface area contributed by atoms with Gasteiger partial charge in [-0.1, -0.05) is 370 Å². The van der Waals surface area contributed by atoms with E-state index in [-0.39, 0.29) is 38.6 Å². The van der Waals surface area contributed by atoms with Crippen molar-refractivity contribution in [2.75, 3.05) is 47.5 Å². The first-order chi connectivity index (χ1) is 50.6. The van der Waals surface area contributed by atoms with Gasteiger partial charge in [-0.2, -0.15) is 0 Å². The van der Waals surface area contributed by atoms with Gasteiger partial charge in [-0.15, -0.1) is 0 Å². The number of carboxylic acid groups (broad SMARTS) is 1. The number of carbonyl (C=O) groups excluding carboxylic acids is 3. The molecule has 9 heteroatoms. The van der Waals surface area contributed by atoms with Crippen molar-refractivity contribution in [3.8, 4) is 0 Å². The van der Waals surface area contributed by atoms with Crippen LogP contribution >= 0.6 is 0 Å². The predicted molar refractivity (Wildman–Crippen MR) is 444 cm³/mol. The number of unbranched alkanes of at least 4 members (excludes halogenated alkanes) is 34. The number of hydrogen-bond donors (Lipinski definition) is 0. The molecule has 0 saturated heterocycles. The summed E-state index contributed by atoms with van der Waals surface area (Å²) in [6.07, 6.45) is 121. The van der Waals surface area contributed by atoms with Gasteiger partial charge in [-0.05, 0) is 135 Å². The average Bonchev–Trinajstić information content (AvgIpc) is 1.01. The third-order valence-corrected chi connectivity index (χ3v) is 17.9. The summed E-state index contributed by atoms with van der Waals surface area (Å²) >= 11 is 0. The second-order valence-corrected chi connectivity index (χ2v) is 29.0. The average molecular weight is 1430 g/mol. The number of rotatable bonds is 77. The zero-order valence-electron chi connectivity index (χ0n) is 67.1. The van der Waals surface area contributed by atoms with Crippen molar-refractivity contribution in [2.24, 2.45) is 0 Å². The number of nitrogens with zero attached hydrogens (tertiary/aromatic N) is 1. The van der Waals surface area contributed by atoms with Crippen molar-refractivity contribution in [1.82, 2.24) is 0 Å². The van der Waals surface area contributed by atoms with Crippen LogP contribution in [0.1, 0.15) is 348 Å². The maximum Gasteiger partial charge on any atom is 0.306 e. The number of esters is 2. The Balaban J connectivity index is 4.10. The Hall–Kier alpha value is -5.35. The lowest BCUT2D eigenvalue weighted by molar-refractivity contribution is -0.870. The van der Waals surface area contributed by atoms with Crippen LogP contribution in [-0.4, -0.2) is 82.3 Å². The van der Waals surface area contributed by atoms with Gasteiger partial charge < -0.3 is 33.3 Å². The van der Waals surface area contributed by atoms with Crippen LogP contribution in [0.5, 0.6) is 0 Å². The molecule has 0 fully saturated rings. The Labute approximate surface area is 635 Å². The van der Waals surface area contributed by atoms with Gasteiger partial charge in [0.2, 0.25) is 0 Å². The lowest BCUT2D eigenvalue weighted by atomic mass is 10.0. The van der Waals surface area contributed by atoms with Crippen molar-refractivity contribution in [3.63, 3.8) is 0 Å². The zero-order valence-corrected chi connectivity index (χ0v) is 67.1. The van der Waals surface area contributed by atoms with Crippen LogP contribution in [0.3, 0.4) is 0 Å². The maximum atomic E-state index is 13.0. The molecule has 0 aromatic carbocycles. The van der Waals surface area contributed by atoms with E-state index in [1.165, 1.54) is 186 Å². The summed E-state index contributed by atoms with van der Waals surface area (Å²) < 4.78 is 22.8. The van der Waals surface area contributed by atoms with Gasteiger partial charge in [0.1, 0.15) is 13.2 Å². The van der Waals surface area contributed by atoms with Crippen LogP contribution in [0.2, 0.25) is 0 Å². The lowest BCUT2D eigenvalue weighted by Gasteiger charge is -2.26. The first-order valence-electron chi connectivity index (χ1n) is 42.3. The quantitative estimate of drug-likeness (QED) is 0.0195. The molecule has 0 bridgehead atoms. The van der Waals surface area contributed by atoms with E-state index in [1.807, 2.05) is 21.1 Å². The number of likely N-dealkylation sites (N-methyl/N-ethyl adjacent to an activating group) is 1. The normalized spacial score (nSPS) is 13.5. The smallest absolute Gasteiger partial charge is 0.306 e. The molecule has 0 rings (SSSR count). The first kappa shape index (κ1) is 97.7. The predicted octanol–water partition coefficient (Wildman–Crippen LogP) is 26.4. The fraction of sp³-hybridized carbons (Fsp3) is 0.670. The van der Waals surface area contributed by atoms with E-state index in [1.54, 1.807) is 0 Å². The molecule has 0 saturated carbocycles. The van der Waals surface area contributed by atoms with Crippen LogP contribution in [0.25, 0.3) is 0 Å². The highest BCUT2D eigenvalue weighted by Crippen LogP contribution is 2.18. The van der Waals surface area contributed by atoms with Crippen molar-refractivity contribution in [2.45, 2.75) is 360 Å². The summed E-state index contributed by atoms with van der Waals surface area (Å²) in [5.74, 6) is -2.32. The Kier molecular flexibility index (Phi) is 78.0. The van der Waals surface area contributed by atoms with E-state index in [4.69, 9.17) is 18.9 Å². The lowest BCUT2D eigenvalue weighted by Crippen LogP contribution is -2.44. The summed E-state index contributed by atoms with van der Waals surface area (Å²) in [7, 11) is 5.92. The number of ether oxygens (including phenoxy) is 4. The number of allylic oxidation sites excluding steroid dienone is 28. The fourth-order valence-corrected chi connectivity index (χ4v) is 11.6. The van der Waals surface area contributed by atoms with Crippen LogP contribution in [-0.2, 0) is 33.3 Å². The zero-order chi connectivity index (χ0) is 74.6. The Morgan fingerprint density at radius 2 is 0.553 bits per heavy atom. The maximum absolute atomic E-state index is 13.0. The van der Waals surface area contributed by atoms with Crippen molar-refractivity contribution in [1.29, 1.82) is 0 Å². The topological polar surface area (TPSA) is 111 Å². The monoisotopic (exact) mass is 1430 g/mol. The second-order valence-electron chi connectivity index (χ2n) is 29.0. The molecule has 9 nitrogen and oxygen atoms in total. The molecule has 586 valence electrons. The summed E-state index contributed by atoms with van der Waals surface area (Å²) in [4.78, 5) is 37.6. The third kappa shape index (κ3) is 83.8. The number of quaternary nitrogens is 1. The van der Waals surface area contributed by atoms with Gasteiger partial charge in [0.05, 0.1) is 40.3 Å². The van der Waals surface area contributed by atoms with E-state index in [0.29, 0.717) is 17.4 Å². The molecule has 2 atom stereocenters. The molecule has 0 radical (unpaired) electrons. The Morgan fingerprint density at radius 1 is 0.301 bits per heavy atom. The minimum Gasteiger partial charge on any atom is -0.545 e. The first-order valence-corrected chi connectivity index (χ1v) is 42.3. The highest BCUT2D eigenvalue weighted by Gasteiger charge is 2.22. The van der Waals surface area contributed by atoms with Gasteiger partial charge in [0.15, 0.2) is 12.4 Å². The van der Waals surface area contributed by atoms with E-state index in [0.717, 1.165) is 128 Å². The van der Waals surface area contributed by atoms with Crippen LogP contribution in [0.15, 0.2) is 170 Å². The number of carboxylic acids is 1. The Bertz CT molecular complexity index is 2310. The number of hydrogen-bond acceptors (Lipinski definition) is 8. The van der Waals surface area contributed by atoms with E-state index in [9.17, 15) is 19.5 Å². The van der Waals surface area contributed by atoms with E-state index in [2.05, 4.69) is 184 Å². The van der Waals surface area contributed by atoms with Crippen LogP contribution in [0.4, 0.5) is 0 Å². The minimum absolute atomic E-state index is 0.136. The Morgan fingerprint density at radius 3 is 0.825 bits per heavy atom. The standard InChI is InChI=1S/C94H157NO8/c1-6-8-10-12-14-16-18-20-22-24-26-28-30-32-34-36-38-40-42-44-45-46-47-49-51-53-55-57-59-61-63-65-67-69-71-73-75-77-79-81-83-85-92(97)103-90(89-102-94(93(98)99)100-87-86-95(3,4)5)88-101-91(96)84-82-80-78-76-74-72-70-68-66-64-62-60-58-56-54-52-50-48-43-41-39-37-35-33-31-29-27-25-23-21-19-17-15-13-11-9-7-2/h8,10,14,16,19-22,25-28,32,34,38,40,44-45,47,49,53,55,59,61,65,67,71,73,90,94H,6-7,9,11-13,15,17-18,23-24,29-31,33,35-37,39,41-43,46,48,50-52,54,56-58,60,62-64,66,68-70,72,74-89H2,1-5H3/b10-8-,16-14-,21-19-,22-20-,27-25-,28-26-,34-32-,40-38-,45-44-,49-47-,55-53-,61-59-,67-65-,73-71-. The molecule has 0 aliphatic heterocycles. The van der Waals surface area contributed by atoms with Crippen molar-refractivity contribution in [3.05, 3.63) is 170 Å². The number of aliphatic carboxylic acids is 1. The third-order valence-electron chi connectivity index (χ3n) is 17.9. The van der Waals surface area contributed by atoms with Crippen LogP contribution in [0, 0.1) is 0 Å². The van der Waals surface area contributed by atoms with Gasteiger partial charge in [-0.3, -0.25) is 9.59 Å². The number of carbonyl (C=O) groups is 3. The molecule has 0 amide bonds. The highest BCUT2D eigenvalue weighted by atomic mass is 16.7. The SMILES string of the molecule is CC/C=C\C/C=C\C/C=C\C/C=C\C/C=C\C/C=C\C/C=C\C/C=C\C/C=C\C/C=C\C/C=C\C/C=C\CCCCCCC(=O)OC(COC(=O)CCCCCCCCCCCCCCCCCCCCCCCCCCC/C=C\C/C=C\CCCCCCC)COC(OCC[N+](C)(C)C)C(=O)[O-]. The molecule has 103 heavy (non-hydrogen) atoms. The van der Waals surface area contributed by atoms with E-state index < -0.39 is 24.3 Å². The summed E-state index contributed by atoms with van der Waals surface area (Å²) in [5.41, 5.74) is 0. The molecule has 0 heterocycles. The summed E-state index contributed by atoms with van der Waals surface area (Å²) in [5, 5.41) is 11.9. The fourth-order valence-electron chi connectivity index (χ4n) is 11.6. The summed E-state index contributed by atoms with van der Waals surface area (Å²) in [6.45, 7) is 4.61. The van der Waals surface area contributed by atoms with Gasteiger partial charge in [0.25, 0.3) is 0 Å². The molecule has 0 N–H and O–H groups in total. The minimum atomic E-state index is -1.64. The second kappa shape index (κ2) is 82.3. The van der Waals surface area contributed by atoms with Gasteiger partial charge >= 0.3 is 11.9 Å². The molecule has 2 unspecified atom stereocenters. The summed E-state index contributed by atoms with van der Waals surface area (Å²) in [6, 6.07) is 0. The molecular formula is C94H157NO8. The van der Waals surface area contributed by atoms with Gasteiger partial charge in [-0.25, -0.2) is 0 Å². The van der Waals surface area contributed by atoms with Crippen LogP contribution < -0.4 is 5.11 Å².